The number of nitrogens with one attached hydrogen (secondary N) is 2. The molecule has 1 aromatic heterocycles. The maximum absolute atomic E-state index is 12.0. The molecule has 0 saturated carbocycles. The first-order valence-electron chi connectivity index (χ1n) is 7.91. The van der Waals surface area contributed by atoms with Gasteiger partial charge in [-0.05, 0) is 38.0 Å². The molecule has 2 heterocycles. The topological polar surface area (TPSA) is 105 Å². The molecule has 3 amide bonds. The molecule has 0 radical (unpaired) electrons. The van der Waals surface area contributed by atoms with Crippen molar-refractivity contribution in [1.29, 1.82) is 0 Å². The minimum atomic E-state index is -0.854. The summed E-state index contributed by atoms with van der Waals surface area (Å²) in [6.45, 7) is 4.23. The van der Waals surface area contributed by atoms with E-state index in [9.17, 15) is 14.4 Å². The number of benzene rings is 1. The summed E-state index contributed by atoms with van der Waals surface area (Å²) >= 11 is 0. The van der Waals surface area contributed by atoms with Crippen LogP contribution in [0, 0.1) is 13.8 Å². The molecule has 0 bridgehead atoms. The molecule has 2 aromatic rings. The van der Waals surface area contributed by atoms with Crippen molar-refractivity contribution >= 4 is 34.9 Å². The zero-order chi connectivity index (χ0) is 18.0. The minimum absolute atomic E-state index is 0.0609. The number of hydrogen-bond acceptors (Lipinski definition) is 5. The third-order valence-electron chi connectivity index (χ3n) is 3.91. The zero-order valence-corrected chi connectivity index (χ0v) is 14.0. The van der Waals surface area contributed by atoms with E-state index in [2.05, 4.69) is 15.8 Å². The van der Waals surface area contributed by atoms with Gasteiger partial charge in [-0.3, -0.25) is 19.7 Å². The lowest BCUT2D eigenvalue weighted by Crippen LogP contribution is -2.29. The number of aryl methyl sites for hydroxylation is 2. The Balaban J connectivity index is 1.70. The summed E-state index contributed by atoms with van der Waals surface area (Å²) in [7, 11) is 0. The number of anilines is 3. The Hall–Kier alpha value is -3.16. The lowest BCUT2D eigenvalue weighted by Gasteiger charge is -2.19. The molecule has 1 aromatic carbocycles. The third kappa shape index (κ3) is 3.68. The lowest BCUT2D eigenvalue weighted by atomic mass is 10.1. The normalized spacial score (nSPS) is 13.8. The average molecular weight is 342 g/mol. The van der Waals surface area contributed by atoms with E-state index < -0.39 is 11.8 Å². The highest BCUT2D eigenvalue weighted by molar-refractivity contribution is 6.43. The number of rotatable bonds is 3. The number of hydrogen-bond donors (Lipinski definition) is 2. The van der Waals surface area contributed by atoms with Crippen LogP contribution in [0.1, 0.15) is 24.2 Å². The molecular weight excluding hydrogens is 324 g/mol. The zero-order valence-electron chi connectivity index (χ0n) is 14.0. The summed E-state index contributed by atoms with van der Waals surface area (Å²) in [5.74, 6) is -0.930. The molecule has 130 valence electrons. The van der Waals surface area contributed by atoms with Gasteiger partial charge in [-0.1, -0.05) is 11.2 Å². The maximum atomic E-state index is 12.0. The molecule has 0 atom stereocenters. The molecule has 1 aliphatic heterocycles. The van der Waals surface area contributed by atoms with E-state index >= 15 is 0 Å². The van der Waals surface area contributed by atoms with Crippen LogP contribution in [0.2, 0.25) is 0 Å². The first-order chi connectivity index (χ1) is 11.9. The monoisotopic (exact) mass is 342 g/mol. The van der Waals surface area contributed by atoms with Crippen LogP contribution in [-0.2, 0) is 14.4 Å². The van der Waals surface area contributed by atoms with Gasteiger partial charge in [0.05, 0.1) is 0 Å². The Morgan fingerprint density at radius 2 is 1.92 bits per heavy atom. The van der Waals surface area contributed by atoms with Crippen molar-refractivity contribution in [1.82, 2.24) is 5.16 Å². The highest BCUT2D eigenvalue weighted by Crippen LogP contribution is 2.28. The van der Waals surface area contributed by atoms with E-state index in [1.807, 2.05) is 6.92 Å². The number of carbonyl (C=O) groups is 3. The molecule has 2 N–H and O–H groups in total. The Morgan fingerprint density at radius 3 is 2.56 bits per heavy atom. The largest absolute Gasteiger partial charge is 0.360 e. The van der Waals surface area contributed by atoms with Crippen LogP contribution in [-0.4, -0.2) is 29.4 Å². The second kappa shape index (κ2) is 6.76. The summed E-state index contributed by atoms with van der Waals surface area (Å²) in [5.41, 5.74) is 2.11. The predicted molar refractivity (Wildman–Crippen MR) is 91.3 cm³/mol. The maximum Gasteiger partial charge on any atom is 0.315 e. The molecule has 0 unspecified atom stereocenters. The van der Waals surface area contributed by atoms with E-state index in [0.29, 0.717) is 24.4 Å². The first-order valence-corrected chi connectivity index (χ1v) is 7.91. The van der Waals surface area contributed by atoms with E-state index in [-0.39, 0.29) is 11.7 Å². The fourth-order valence-corrected chi connectivity index (χ4v) is 2.67. The van der Waals surface area contributed by atoms with Gasteiger partial charge in [0.15, 0.2) is 5.82 Å². The molecule has 1 saturated heterocycles. The van der Waals surface area contributed by atoms with Gasteiger partial charge in [0.2, 0.25) is 5.91 Å². The number of carbonyl (C=O) groups excluding carboxylic acids is 3. The molecule has 8 heteroatoms. The van der Waals surface area contributed by atoms with Crippen molar-refractivity contribution < 1.29 is 18.9 Å². The molecule has 0 aliphatic carbocycles. The lowest BCUT2D eigenvalue weighted by molar-refractivity contribution is -0.133. The molecule has 25 heavy (non-hydrogen) atoms. The van der Waals surface area contributed by atoms with Gasteiger partial charge in [0.1, 0.15) is 5.76 Å². The quantitative estimate of drug-likeness (QED) is 0.830. The Kier molecular flexibility index (Phi) is 4.51. The highest BCUT2D eigenvalue weighted by atomic mass is 16.5. The number of amides is 3. The minimum Gasteiger partial charge on any atom is -0.360 e. The Morgan fingerprint density at radius 1 is 1.16 bits per heavy atom. The van der Waals surface area contributed by atoms with Crippen molar-refractivity contribution in [2.45, 2.75) is 26.7 Å². The molecule has 8 nitrogen and oxygen atoms in total. The van der Waals surface area contributed by atoms with Gasteiger partial charge >= 0.3 is 11.8 Å². The van der Waals surface area contributed by atoms with Crippen LogP contribution in [0.4, 0.5) is 17.2 Å². The van der Waals surface area contributed by atoms with Crippen LogP contribution in [0.15, 0.2) is 28.8 Å². The summed E-state index contributed by atoms with van der Waals surface area (Å²) in [6, 6.07) is 6.69. The summed E-state index contributed by atoms with van der Waals surface area (Å²) in [5, 5.41) is 8.48. The van der Waals surface area contributed by atoms with Crippen LogP contribution >= 0.6 is 0 Å². The van der Waals surface area contributed by atoms with Gasteiger partial charge in [0.25, 0.3) is 0 Å². The molecule has 1 aliphatic rings. The van der Waals surface area contributed by atoms with E-state index in [4.69, 9.17) is 4.52 Å². The SMILES string of the molecule is Cc1cc(NC(=O)C(=O)Nc2ccc(C)c(N3CCCC3=O)c2)no1. The van der Waals surface area contributed by atoms with Gasteiger partial charge in [-0.25, -0.2) is 0 Å². The summed E-state index contributed by atoms with van der Waals surface area (Å²) in [6.07, 6.45) is 1.34. The van der Waals surface area contributed by atoms with Crippen LogP contribution in [0.5, 0.6) is 0 Å². The first kappa shape index (κ1) is 16.7. The van der Waals surface area contributed by atoms with Crippen molar-refractivity contribution in [2.24, 2.45) is 0 Å². The molecule has 3 rings (SSSR count). The van der Waals surface area contributed by atoms with E-state index in [1.165, 1.54) is 6.07 Å². The smallest absolute Gasteiger partial charge is 0.315 e. The average Bonchev–Trinajstić information content (AvgIpc) is 3.17. The standard InChI is InChI=1S/C17H18N4O4/c1-10-5-6-12(9-13(10)21-7-3-4-15(21)22)18-16(23)17(24)19-14-8-11(2)25-20-14/h5-6,8-9H,3-4,7H2,1-2H3,(H,18,23)(H,19,20,24). The second-order valence-corrected chi connectivity index (χ2v) is 5.88. The Labute approximate surface area is 144 Å². The fourth-order valence-electron chi connectivity index (χ4n) is 2.67. The summed E-state index contributed by atoms with van der Waals surface area (Å²) in [4.78, 5) is 37.6. The predicted octanol–water partition coefficient (Wildman–Crippen LogP) is 2.00. The Bertz CT molecular complexity index is 843. The van der Waals surface area contributed by atoms with Crippen molar-refractivity contribution in [3.8, 4) is 0 Å². The van der Waals surface area contributed by atoms with Crippen molar-refractivity contribution in [3.63, 3.8) is 0 Å². The van der Waals surface area contributed by atoms with Gasteiger partial charge in [0, 0.05) is 30.4 Å². The van der Waals surface area contributed by atoms with E-state index in [0.717, 1.165) is 17.7 Å². The number of nitrogens with zero attached hydrogens (tertiary/aromatic N) is 2. The van der Waals surface area contributed by atoms with E-state index in [1.54, 1.807) is 30.0 Å². The second-order valence-electron chi connectivity index (χ2n) is 5.88. The van der Waals surface area contributed by atoms with Crippen molar-refractivity contribution in [3.05, 3.63) is 35.6 Å². The summed E-state index contributed by atoms with van der Waals surface area (Å²) < 4.78 is 4.83. The van der Waals surface area contributed by atoms with Crippen molar-refractivity contribution in [2.75, 3.05) is 22.1 Å². The molecule has 0 spiro atoms. The van der Waals surface area contributed by atoms with Crippen LogP contribution in [0.3, 0.4) is 0 Å². The highest BCUT2D eigenvalue weighted by Gasteiger charge is 2.24. The van der Waals surface area contributed by atoms with Crippen LogP contribution in [0.25, 0.3) is 0 Å². The van der Waals surface area contributed by atoms with Gasteiger partial charge in [-0.15, -0.1) is 0 Å². The molecule has 1 fully saturated rings. The van der Waals surface area contributed by atoms with Gasteiger partial charge < -0.3 is 14.7 Å². The van der Waals surface area contributed by atoms with Crippen LogP contribution < -0.4 is 15.5 Å². The third-order valence-corrected chi connectivity index (χ3v) is 3.91. The molecular formula is C17H18N4O4. The fraction of sp³-hybridized carbons (Fsp3) is 0.294. The van der Waals surface area contributed by atoms with Gasteiger partial charge in [-0.2, -0.15) is 0 Å². The number of aromatic nitrogens is 1.